The van der Waals surface area contributed by atoms with Gasteiger partial charge < -0.3 is 21.3 Å². The van der Waals surface area contributed by atoms with E-state index in [2.05, 4.69) is 24.8 Å². The van der Waals surface area contributed by atoms with Crippen molar-refractivity contribution in [3.05, 3.63) is 17.6 Å². The third-order valence-electron chi connectivity index (χ3n) is 3.04. The van der Waals surface area contributed by atoms with Crippen molar-refractivity contribution in [1.82, 2.24) is 15.0 Å². The second-order valence-electron chi connectivity index (χ2n) is 4.30. The lowest BCUT2D eigenvalue weighted by Gasteiger charge is -2.35. The second kappa shape index (κ2) is 4.88. The van der Waals surface area contributed by atoms with Crippen molar-refractivity contribution in [2.75, 3.05) is 47.4 Å². The Morgan fingerprint density at radius 2 is 1.79 bits per heavy atom. The van der Waals surface area contributed by atoms with Gasteiger partial charge in [0, 0.05) is 43.8 Å². The summed E-state index contributed by atoms with van der Waals surface area (Å²) in [4.78, 5) is 16.9. The van der Waals surface area contributed by atoms with Gasteiger partial charge in [-0.05, 0) is 0 Å². The van der Waals surface area contributed by atoms with Crippen LogP contribution in [0.4, 0.5) is 22.7 Å². The fourth-order valence-corrected chi connectivity index (χ4v) is 2.83. The van der Waals surface area contributed by atoms with Crippen LogP contribution in [0.25, 0.3) is 0 Å². The zero-order valence-electron chi connectivity index (χ0n) is 10.4. The maximum absolute atomic E-state index is 5.69. The van der Waals surface area contributed by atoms with E-state index in [4.69, 9.17) is 11.5 Å². The number of hydrogen-bond donors (Lipinski definition) is 2. The van der Waals surface area contributed by atoms with Gasteiger partial charge in [0.1, 0.15) is 11.6 Å². The Labute approximate surface area is 114 Å². The fraction of sp³-hybridized carbons (Fsp3) is 0.364. The Morgan fingerprint density at radius 1 is 1.05 bits per heavy atom. The molecular weight excluding hydrogens is 262 g/mol. The lowest BCUT2D eigenvalue weighted by molar-refractivity contribution is 0.646. The van der Waals surface area contributed by atoms with Crippen molar-refractivity contribution in [2.45, 2.75) is 0 Å². The van der Waals surface area contributed by atoms with Crippen LogP contribution in [-0.4, -0.2) is 41.1 Å². The Kier molecular flexibility index (Phi) is 3.08. The molecule has 3 rings (SSSR count). The van der Waals surface area contributed by atoms with Crippen molar-refractivity contribution in [2.24, 2.45) is 0 Å². The van der Waals surface area contributed by atoms with Gasteiger partial charge in [0.05, 0.1) is 0 Å². The second-order valence-corrected chi connectivity index (χ2v) is 5.17. The molecule has 0 unspecified atom stereocenters. The zero-order chi connectivity index (χ0) is 13.2. The molecule has 1 aliphatic rings. The van der Waals surface area contributed by atoms with Gasteiger partial charge >= 0.3 is 0 Å². The third kappa shape index (κ3) is 2.53. The molecule has 0 saturated carbocycles. The maximum atomic E-state index is 5.69. The molecular formula is C11H15N7S. The maximum Gasteiger partial charge on any atom is 0.223 e. The molecule has 3 heterocycles. The van der Waals surface area contributed by atoms with Crippen LogP contribution in [0, 0.1) is 0 Å². The quantitative estimate of drug-likeness (QED) is 0.821. The molecule has 0 bridgehead atoms. The average Bonchev–Trinajstić information content (AvgIpc) is 2.91. The molecule has 100 valence electrons. The van der Waals surface area contributed by atoms with E-state index in [-0.39, 0.29) is 5.95 Å². The van der Waals surface area contributed by atoms with Crippen LogP contribution in [0.3, 0.4) is 0 Å². The number of thiazole rings is 1. The number of anilines is 4. The molecule has 0 atom stereocenters. The summed E-state index contributed by atoms with van der Waals surface area (Å²) < 4.78 is 0. The molecule has 2 aromatic heterocycles. The molecule has 0 amide bonds. The van der Waals surface area contributed by atoms with Gasteiger partial charge in [-0.3, -0.25) is 0 Å². The highest BCUT2D eigenvalue weighted by atomic mass is 32.1. The van der Waals surface area contributed by atoms with E-state index >= 15 is 0 Å². The van der Waals surface area contributed by atoms with Crippen LogP contribution in [0.1, 0.15) is 0 Å². The van der Waals surface area contributed by atoms with Crippen LogP contribution < -0.4 is 21.3 Å². The van der Waals surface area contributed by atoms with E-state index in [1.54, 1.807) is 17.4 Å². The third-order valence-corrected chi connectivity index (χ3v) is 3.88. The first kappa shape index (κ1) is 12.0. The van der Waals surface area contributed by atoms with Gasteiger partial charge in [0.2, 0.25) is 5.95 Å². The Bertz CT molecular complexity index is 528. The summed E-state index contributed by atoms with van der Waals surface area (Å²) in [5.74, 6) is 1.42. The summed E-state index contributed by atoms with van der Waals surface area (Å²) >= 11 is 1.66. The Morgan fingerprint density at radius 3 is 2.42 bits per heavy atom. The number of piperazine rings is 1. The zero-order valence-corrected chi connectivity index (χ0v) is 11.2. The van der Waals surface area contributed by atoms with E-state index in [0.717, 1.165) is 37.1 Å². The first-order valence-electron chi connectivity index (χ1n) is 6.02. The number of nitrogen functional groups attached to an aromatic ring is 2. The molecule has 4 N–H and O–H groups in total. The van der Waals surface area contributed by atoms with Gasteiger partial charge in [-0.25, -0.2) is 4.98 Å². The lowest BCUT2D eigenvalue weighted by atomic mass is 10.3. The molecule has 1 aliphatic heterocycles. The molecule has 0 aromatic carbocycles. The summed E-state index contributed by atoms with van der Waals surface area (Å²) in [5.41, 5.74) is 11.3. The molecule has 8 heteroatoms. The molecule has 1 saturated heterocycles. The first-order chi connectivity index (χ1) is 9.22. The molecule has 0 aliphatic carbocycles. The number of rotatable bonds is 2. The predicted octanol–water partition coefficient (Wildman–Crippen LogP) is 0.424. The van der Waals surface area contributed by atoms with E-state index in [0.29, 0.717) is 5.82 Å². The molecule has 0 spiro atoms. The standard InChI is InChI=1S/C11H15N7S/c12-8-7-9(16-10(13)15-8)17-2-4-18(5-3-17)11-14-1-6-19-11/h1,6-7H,2-5H2,(H4,12,13,15,16). The normalized spacial score (nSPS) is 15.8. The smallest absolute Gasteiger partial charge is 0.223 e. The van der Waals surface area contributed by atoms with Gasteiger partial charge in [0.15, 0.2) is 5.13 Å². The van der Waals surface area contributed by atoms with E-state index in [1.807, 2.05) is 11.6 Å². The summed E-state index contributed by atoms with van der Waals surface area (Å²) in [6.45, 7) is 3.57. The minimum atomic E-state index is 0.220. The van der Waals surface area contributed by atoms with E-state index in [9.17, 15) is 0 Å². The SMILES string of the molecule is Nc1cc(N2CCN(c3nccs3)CC2)nc(N)n1. The predicted molar refractivity (Wildman–Crippen MR) is 77.4 cm³/mol. The summed E-state index contributed by atoms with van der Waals surface area (Å²) in [7, 11) is 0. The van der Waals surface area contributed by atoms with E-state index in [1.165, 1.54) is 0 Å². The number of nitrogens with zero attached hydrogens (tertiary/aromatic N) is 5. The molecule has 2 aromatic rings. The lowest BCUT2D eigenvalue weighted by Crippen LogP contribution is -2.46. The van der Waals surface area contributed by atoms with Crippen molar-refractivity contribution >= 4 is 34.1 Å². The summed E-state index contributed by atoms with van der Waals surface area (Å²) in [6.07, 6.45) is 1.83. The molecule has 1 fully saturated rings. The van der Waals surface area contributed by atoms with Crippen molar-refractivity contribution in [3.63, 3.8) is 0 Å². The van der Waals surface area contributed by atoms with Crippen molar-refractivity contribution in [3.8, 4) is 0 Å². The number of nitrogens with two attached hydrogens (primary N) is 2. The molecule has 7 nitrogen and oxygen atoms in total. The minimum absolute atomic E-state index is 0.220. The highest BCUT2D eigenvalue weighted by molar-refractivity contribution is 7.13. The van der Waals surface area contributed by atoms with E-state index < -0.39 is 0 Å². The molecule has 19 heavy (non-hydrogen) atoms. The summed E-state index contributed by atoms with van der Waals surface area (Å²) in [6, 6.07) is 1.76. The van der Waals surface area contributed by atoms with Crippen LogP contribution in [0.15, 0.2) is 17.6 Å². The number of hydrogen-bond acceptors (Lipinski definition) is 8. The van der Waals surface area contributed by atoms with Gasteiger partial charge in [-0.2, -0.15) is 9.97 Å². The summed E-state index contributed by atoms with van der Waals surface area (Å²) in [5, 5.41) is 3.06. The van der Waals surface area contributed by atoms with Gasteiger partial charge in [-0.1, -0.05) is 0 Å². The minimum Gasteiger partial charge on any atom is -0.383 e. The number of aromatic nitrogens is 3. The van der Waals surface area contributed by atoms with Crippen molar-refractivity contribution in [1.29, 1.82) is 0 Å². The van der Waals surface area contributed by atoms with Crippen molar-refractivity contribution < 1.29 is 0 Å². The highest BCUT2D eigenvalue weighted by Crippen LogP contribution is 2.22. The first-order valence-corrected chi connectivity index (χ1v) is 6.90. The topological polar surface area (TPSA) is 97.2 Å². The Balaban J connectivity index is 1.70. The highest BCUT2D eigenvalue weighted by Gasteiger charge is 2.20. The van der Waals surface area contributed by atoms with Crippen LogP contribution in [0.5, 0.6) is 0 Å². The van der Waals surface area contributed by atoms with Crippen LogP contribution >= 0.6 is 11.3 Å². The molecule has 0 radical (unpaired) electrons. The van der Waals surface area contributed by atoms with Gasteiger partial charge in [0.25, 0.3) is 0 Å². The van der Waals surface area contributed by atoms with Gasteiger partial charge in [-0.15, -0.1) is 11.3 Å². The van der Waals surface area contributed by atoms with Crippen LogP contribution in [-0.2, 0) is 0 Å². The fourth-order valence-electron chi connectivity index (χ4n) is 2.13. The van der Waals surface area contributed by atoms with Crippen LogP contribution in [0.2, 0.25) is 0 Å². The Hall–Kier alpha value is -2.09. The monoisotopic (exact) mass is 277 g/mol. The average molecular weight is 277 g/mol. The largest absolute Gasteiger partial charge is 0.383 e.